The quantitative estimate of drug-likeness (QED) is 0.692. The Kier molecular flexibility index (Phi) is 3.30. The molecular weight excluding hydrogens is 206 g/mol. The Hall–Kier alpha value is -0.870. The van der Waals surface area contributed by atoms with E-state index >= 15 is 0 Å². The molecule has 2 rings (SSSR count). The van der Waals surface area contributed by atoms with Gasteiger partial charge < -0.3 is 15.2 Å². The lowest BCUT2D eigenvalue weighted by molar-refractivity contribution is -0.126. The summed E-state index contributed by atoms with van der Waals surface area (Å²) in [6.45, 7) is 2.71. The Morgan fingerprint density at radius 2 is 2.25 bits per heavy atom. The van der Waals surface area contributed by atoms with E-state index in [9.17, 15) is 9.90 Å². The van der Waals surface area contributed by atoms with Gasteiger partial charge in [-0.3, -0.25) is 4.79 Å². The van der Waals surface area contributed by atoms with Crippen molar-refractivity contribution in [2.45, 2.75) is 37.9 Å². The molecule has 0 spiro atoms. The molecule has 16 heavy (non-hydrogen) atoms. The average molecular weight is 225 g/mol. The van der Waals surface area contributed by atoms with Gasteiger partial charge in [0.25, 0.3) is 0 Å². The molecule has 0 bridgehead atoms. The zero-order valence-corrected chi connectivity index (χ0v) is 9.61. The lowest BCUT2D eigenvalue weighted by Gasteiger charge is -2.26. The fourth-order valence-electron chi connectivity index (χ4n) is 2.22. The number of hydrogen-bond donors (Lipinski definition) is 2. The van der Waals surface area contributed by atoms with Crippen LogP contribution in [0, 0.1) is 5.92 Å². The van der Waals surface area contributed by atoms with Crippen LogP contribution in [-0.2, 0) is 9.53 Å². The van der Waals surface area contributed by atoms with Crippen LogP contribution in [0.4, 0.5) is 0 Å². The maximum absolute atomic E-state index is 11.7. The van der Waals surface area contributed by atoms with Gasteiger partial charge in [0.15, 0.2) is 0 Å². The Morgan fingerprint density at radius 3 is 2.81 bits per heavy atom. The number of ether oxygens (including phenoxy) is 1. The van der Waals surface area contributed by atoms with Gasteiger partial charge in [-0.1, -0.05) is 12.2 Å². The van der Waals surface area contributed by atoms with Gasteiger partial charge in [0.05, 0.1) is 6.10 Å². The van der Waals surface area contributed by atoms with Crippen molar-refractivity contribution in [1.29, 1.82) is 0 Å². The molecule has 2 unspecified atom stereocenters. The summed E-state index contributed by atoms with van der Waals surface area (Å²) in [6, 6.07) is 0. The van der Waals surface area contributed by atoms with Gasteiger partial charge in [-0.05, 0) is 19.8 Å². The van der Waals surface area contributed by atoms with Crippen molar-refractivity contribution in [2.75, 3.05) is 13.2 Å². The maximum Gasteiger partial charge on any atom is 0.223 e. The van der Waals surface area contributed by atoms with Crippen molar-refractivity contribution >= 4 is 5.91 Å². The summed E-state index contributed by atoms with van der Waals surface area (Å²) in [6.07, 6.45) is 6.08. The number of nitrogens with one attached hydrogen (secondary N) is 1. The van der Waals surface area contributed by atoms with E-state index < -0.39 is 5.60 Å². The van der Waals surface area contributed by atoms with Gasteiger partial charge in [-0.15, -0.1) is 0 Å². The number of aliphatic hydroxyl groups is 1. The van der Waals surface area contributed by atoms with Crippen LogP contribution in [0.2, 0.25) is 0 Å². The summed E-state index contributed by atoms with van der Waals surface area (Å²) in [5.74, 6) is 0.0961. The first-order valence-corrected chi connectivity index (χ1v) is 5.88. The summed E-state index contributed by atoms with van der Waals surface area (Å²) in [5.41, 5.74) is -0.887. The summed E-state index contributed by atoms with van der Waals surface area (Å²) >= 11 is 0. The predicted octanol–water partition coefficient (Wildman–Crippen LogP) is 0.609. The lowest BCUT2D eigenvalue weighted by Crippen LogP contribution is -2.48. The molecule has 0 aromatic heterocycles. The minimum atomic E-state index is -0.887. The molecule has 2 N–H and O–H groups in total. The van der Waals surface area contributed by atoms with Crippen molar-refractivity contribution in [1.82, 2.24) is 5.32 Å². The van der Waals surface area contributed by atoms with Crippen LogP contribution in [0.3, 0.4) is 0 Å². The summed E-state index contributed by atoms with van der Waals surface area (Å²) in [5, 5.41) is 13.0. The molecule has 0 aromatic rings. The molecule has 1 amide bonds. The van der Waals surface area contributed by atoms with Crippen LogP contribution in [0.15, 0.2) is 12.2 Å². The largest absolute Gasteiger partial charge is 0.385 e. The Labute approximate surface area is 95.7 Å². The molecule has 4 nitrogen and oxygen atoms in total. The zero-order valence-electron chi connectivity index (χ0n) is 9.61. The summed E-state index contributed by atoms with van der Waals surface area (Å²) in [4.78, 5) is 11.7. The van der Waals surface area contributed by atoms with Crippen molar-refractivity contribution in [3.63, 3.8) is 0 Å². The summed E-state index contributed by atoms with van der Waals surface area (Å²) in [7, 11) is 0. The van der Waals surface area contributed by atoms with Crippen molar-refractivity contribution in [2.24, 2.45) is 5.92 Å². The zero-order chi connectivity index (χ0) is 11.6. The number of carbonyl (C=O) groups excluding carboxylic acids is 1. The second-order valence-electron chi connectivity index (χ2n) is 4.72. The van der Waals surface area contributed by atoms with Crippen molar-refractivity contribution in [3.8, 4) is 0 Å². The summed E-state index contributed by atoms with van der Waals surface area (Å²) < 4.78 is 5.31. The van der Waals surface area contributed by atoms with Gasteiger partial charge in [0.2, 0.25) is 5.91 Å². The van der Waals surface area contributed by atoms with E-state index in [2.05, 4.69) is 5.32 Å². The molecule has 1 aliphatic heterocycles. The average Bonchev–Trinajstić information content (AvgIpc) is 2.87. The fourth-order valence-corrected chi connectivity index (χ4v) is 2.22. The highest BCUT2D eigenvalue weighted by molar-refractivity contribution is 5.79. The third-order valence-corrected chi connectivity index (χ3v) is 3.61. The smallest absolute Gasteiger partial charge is 0.223 e. The number of hydrogen-bond acceptors (Lipinski definition) is 3. The van der Waals surface area contributed by atoms with Gasteiger partial charge >= 0.3 is 0 Å². The van der Waals surface area contributed by atoms with Crippen LogP contribution in [0.1, 0.15) is 26.2 Å². The van der Waals surface area contributed by atoms with Crippen LogP contribution in [0.25, 0.3) is 0 Å². The molecule has 2 aliphatic rings. The van der Waals surface area contributed by atoms with Crippen LogP contribution in [-0.4, -0.2) is 35.9 Å². The van der Waals surface area contributed by atoms with Crippen LogP contribution >= 0.6 is 0 Å². The van der Waals surface area contributed by atoms with E-state index in [-0.39, 0.29) is 17.9 Å². The number of rotatable bonds is 3. The molecule has 0 radical (unpaired) electrons. The minimum Gasteiger partial charge on any atom is -0.385 e. The van der Waals surface area contributed by atoms with Gasteiger partial charge in [0, 0.05) is 25.5 Å². The molecule has 4 heteroatoms. The number of amides is 1. The number of allylic oxidation sites excluding steroid dienone is 2. The number of carbonyl (C=O) groups is 1. The van der Waals surface area contributed by atoms with E-state index in [0.717, 1.165) is 12.8 Å². The van der Waals surface area contributed by atoms with E-state index in [1.54, 1.807) is 0 Å². The SMILES string of the molecule is CC1OCCC1(O)CNC(=O)C1CC=CC1. The van der Waals surface area contributed by atoms with Gasteiger partial charge in [0.1, 0.15) is 5.60 Å². The molecule has 1 saturated heterocycles. The van der Waals surface area contributed by atoms with Gasteiger partial charge in [-0.25, -0.2) is 0 Å². The first kappa shape index (κ1) is 11.6. The molecule has 0 saturated carbocycles. The molecule has 1 aliphatic carbocycles. The van der Waals surface area contributed by atoms with E-state index in [4.69, 9.17) is 4.74 Å². The van der Waals surface area contributed by atoms with Crippen LogP contribution in [0.5, 0.6) is 0 Å². The van der Waals surface area contributed by atoms with Crippen molar-refractivity contribution < 1.29 is 14.6 Å². The maximum atomic E-state index is 11.7. The first-order chi connectivity index (χ1) is 7.62. The molecule has 2 atom stereocenters. The lowest BCUT2D eigenvalue weighted by atomic mass is 9.96. The Balaban J connectivity index is 1.80. The molecular formula is C12H19NO3. The fraction of sp³-hybridized carbons (Fsp3) is 0.750. The standard InChI is InChI=1S/C12H19NO3/c1-9-12(15,6-7-16-9)8-13-11(14)10-4-2-3-5-10/h2-3,9-10,15H,4-8H2,1H3,(H,13,14). The molecule has 90 valence electrons. The second kappa shape index (κ2) is 4.55. The molecule has 1 heterocycles. The first-order valence-electron chi connectivity index (χ1n) is 5.88. The van der Waals surface area contributed by atoms with E-state index in [0.29, 0.717) is 19.6 Å². The topological polar surface area (TPSA) is 58.6 Å². The highest BCUT2D eigenvalue weighted by Crippen LogP contribution is 2.25. The molecule has 0 aromatic carbocycles. The monoisotopic (exact) mass is 225 g/mol. The third kappa shape index (κ3) is 2.28. The highest BCUT2D eigenvalue weighted by Gasteiger charge is 2.40. The Morgan fingerprint density at radius 1 is 1.56 bits per heavy atom. The second-order valence-corrected chi connectivity index (χ2v) is 4.72. The predicted molar refractivity (Wildman–Crippen MR) is 59.9 cm³/mol. The van der Waals surface area contributed by atoms with Crippen LogP contribution < -0.4 is 5.32 Å². The van der Waals surface area contributed by atoms with E-state index in [1.165, 1.54) is 0 Å². The van der Waals surface area contributed by atoms with Crippen molar-refractivity contribution in [3.05, 3.63) is 12.2 Å². The highest BCUT2D eigenvalue weighted by atomic mass is 16.5. The molecule has 1 fully saturated rings. The van der Waals surface area contributed by atoms with E-state index in [1.807, 2.05) is 19.1 Å². The van der Waals surface area contributed by atoms with Gasteiger partial charge in [-0.2, -0.15) is 0 Å². The Bertz CT molecular complexity index is 295. The third-order valence-electron chi connectivity index (χ3n) is 3.61. The normalized spacial score (nSPS) is 34.5. The minimum absolute atomic E-state index is 0.0394.